The average Bonchev–Trinajstić information content (AvgIpc) is 3.26. The molecule has 1 atom stereocenters. The van der Waals surface area contributed by atoms with E-state index in [9.17, 15) is 4.79 Å². The number of hydrogen-bond donors (Lipinski definition) is 0. The van der Waals surface area contributed by atoms with Crippen molar-refractivity contribution in [3.05, 3.63) is 72.3 Å². The predicted octanol–water partition coefficient (Wildman–Crippen LogP) is 4.70. The summed E-state index contributed by atoms with van der Waals surface area (Å²) in [5.41, 5.74) is 1.92. The van der Waals surface area contributed by atoms with Gasteiger partial charge in [-0.25, -0.2) is 4.98 Å². The van der Waals surface area contributed by atoms with Crippen LogP contribution in [-0.4, -0.2) is 46.7 Å². The molecule has 0 unspecified atom stereocenters. The van der Waals surface area contributed by atoms with Crippen molar-refractivity contribution in [2.24, 2.45) is 5.92 Å². The summed E-state index contributed by atoms with van der Waals surface area (Å²) in [6, 6.07) is 15.9. The molecule has 0 saturated carbocycles. The molecule has 156 valence electrons. The second-order valence-corrected chi connectivity index (χ2v) is 8.40. The Morgan fingerprint density at radius 2 is 2.00 bits per heavy atom. The number of carbonyl (C=O) groups is 1. The highest BCUT2D eigenvalue weighted by molar-refractivity contribution is 7.98. The van der Waals surface area contributed by atoms with Crippen molar-refractivity contribution in [1.82, 2.24) is 14.5 Å². The van der Waals surface area contributed by atoms with E-state index in [0.29, 0.717) is 0 Å². The first kappa shape index (κ1) is 20.7. The number of hydrogen-bond acceptors (Lipinski definition) is 5. The molecule has 1 saturated heterocycles. The van der Waals surface area contributed by atoms with E-state index in [0.717, 1.165) is 60.2 Å². The first-order valence-electron chi connectivity index (χ1n) is 10.3. The number of carbonyl (C=O) groups excluding carboxylic acids is 1. The predicted molar refractivity (Wildman–Crippen MR) is 121 cm³/mol. The van der Waals surface area contributed by atoms with Gasteiger partial charge in [-0.15, -0.1) is 11.8 Å². The van der Waals surface area contributed by atoms with Crippen LogP contribution in [0.2, 0.25) is 0 Å². The molecule has 6 heteroatoms. The highest BCUT2D eigenvalue weighted by atomic mass is 32.2. The number of methoxy groups -OCH3 is 1. The summed E-state index contributed by atoms with van der Waals surface area (Å²) in [6.45, 7) is 2.49. The van der Waals surface area contributed by atoms with Crippen LogP contribution in [0.15, 0.2) is 65.8 Å². The molecule has 1 aliphatic heterocycles. The number of ketones is 1. The summed E-state index contributed by atoms with van der Waals surface area (Å²) in [5.74, 6) is 2.13. The maximum Gasteiger partial charge on any atom is 0.168 e. The van der Waals surface area contributed by atoms with Crippen LogP contribution in [0.1, 0.15) is 29.0 Å². The topological polar surface area (TPSA) is 47.4 Å². The SMILES string of the molecule is COc1ccc(-n2ccnc2CN2CCC[C@H](C(=O)c3ccccc3SC)C2)cc1. The van der Waals surface area contributed by atoms with Gasteiger partial charge in [0.1, 0.15) is 11.6 Å². The standard InChI is InChI=1S/C24H27N3O2S/c1-29-20-11-9-19(10-12-20)27-15-13-25-23(27)17-26-14-5-6-18(16-26)24(28)21-7-3-4-8-22(21)30-2/h3-4,7-13,15,18H,5-6,14,16-17H2,1-2H3/t18-/m0/s1. The van der Waals surface area contributed by atoms with Gasteiger partial charge >= 0.3 is 0 Å². The Morgan fingerprint density at radius 3 is 2.77 bits per heavy atom. The Kier molecular flexibility index (Phi) is 6.55. The smallest absolute Gasteiger partial charge is 0.168 e. The number of ether oxygens (including phenoxy) is 1. The minimum Gasteiger partial charge on any atom is -0.497 e. The van der Waals surface area contributed by atoms with Gasteiger partial charge in [-0.2, -0.15) is 0 Å². The number of benzene rings is 2. The lowest BCUT2D eigenvalue weighted by molar-refractivity contribution is 0.0805. The molecule has 1 aliphatic rings. The summed E-state index contributed by atoms with van der Waals surface area (Å²) in [5, 5.41) is 0. The van der Waals surface area contributed by atoms with Gasteiger partial charge in [-0.1, -0.05) is 18.2 Å². The van der Waals surface area contributed by atoms with Crippen LogP contribution in [0, 0.1) is 5.92 Å². The lowest BCUT2D eigenvalue weighted by atomic mass is 9.90. The number of imidazole rings is 1. The molecule has 2 aromatic carbocycles. The van der Waals surface area contributed by atoms with Gasteiger partial charge in [-0.3, -0.25) is 9.69 Å². The molecular formula is C24H27N3O2S. The maximum atomic E-state index is 13.2. The van der Waals surface area contributed by atoms with Crippen molar-refractivity contribution in [3.8, 4) is 11.4 Å². The molecule has 1 fully saturated rings. The van der Waals surface area contributed by atoms with Crippen molar-refractivity contribution < 1.29 is 9.53 Å². The highest BCUT2D eigenvalue weighted by Crippen LogP contribution is 2.27. The average molecular weight is 422 g/mol. The van der Waals surface area contributed by atoms with Crippen molar-refractivity contribution in [2.45, 2.75) is 24.3 Å². The Balaban J connectivity index is 1.47. The molecule has 0 spiro atoms. The van der Waals surface area contributed by atoms with Crippen molar-refractivity contribution in [3.63, 3.8) is 0 Å². The molecule has 0 bridgehead atoms. The molecule has 3 aromatic rings. The van der Waals surface area contributed by atoms with Gasteiger partial charge in [0.15, 0.2) is 5.78 Å². The number of rotatable bonds is 7. The molecule has 2 heterocycles. The number of thioether (sulfide) groups is 1. The minimum atomic E-state index is 0.0384. The zero-order chi connectivity index (χ0) is 20.9. The zero-order valence-electron chi connectivity index (χ0n) is 17.5. The number of piperidine rings is 1. The van der Waals surface area contributed by atoms with Crippen LogP contribution in [0.4, 0.5) is 0 Å². The van der Waals surface area contributed by atoms with Crippen LogP contribution < -0.4 is 4.74 Å². The highest BCUT2D eigenvalue weighted by Gasteiger charge is 2.28. The lowest BCUT2D eigenvalue weighted by Crippen LogP contribution is -2.38. The van der Waals surface area contributed by atoms with E-state index in [-0.39, 0.29) is 11.7 Å². The fourth-order valence-corrected chi connectivity index (χ4v) is 4.71. The lowest BCUT2D eigenvalue weighted by Gasteiger charge is -2.32. The molecule has 30 heavy (non-hydrogen) atoms. The normalized spacial score (nSPS) is 17.1. The van der Waals surface area contributed by atoms with Crippen LogP contribution in [0.3, 0.4) is 0 Å². The number of aromatic nitrogens is 2. The van der Waals surface area contributed by atoms with Crippen molar-refractivity contribution >= 4 is 17.5 Å². The van der Waals surface area contributed by atoms with Gasteiger partial charge in [0.05, 0.1) is 13.7 Å². The van der Waals surface area contributed by atoms with E-state index < -0.39 is 0 Å². The number of nitrogens with zero attached hydrogens (tertiary/aromatic N) is 3. The van der Waals surface area contributed by atoms with E-state index in [1.807, 2.05) is 67.2 Å². The molecule has 0 radical (unpaired) electrons. The monoisotopic (exact) mass is 421 g/mol. The zero-order valence-corrected chi connectivity index (χ0v) is 18.3. The third-order valence-electron chi connectivity index (χ3n) is 5.68. The van der Waals surface area contributed by atoms with Gasteiger partial charge < -0.3 is 9.30 Å². The van der Waals surface area contributed by atoms with Crippen molar-refractivity contribution in [2.75, 3.05) is 26.5 Å². The molecule has 4 rings (SSSR count). The van der Waals surface area contributed by atoms with Crippen LogP contribution >= 0.6 is 11.8 Å². The van der Waals surface area contributed by atoms with E-state index in [1.54, 1.807) is 18.9 Å². The fourth-order valence-electron chi connectivity index (χ4n) is 4.11. The molecule has 0 amide bonds. The summed E-state index contributed by atoms with van der Waals surface area (Å²) in [7, 11) is 1.67. The fraction of sp³-hybridized carbons (Fsp3) is 0.333. The Morgan fingerprint density at radius 1 is 1.20 bits per heavy atom. The maximum absolute atomic E-state index is 13.2. The third kappa shape index (κ3) is 4.45. The van der Waals surface area contributed by atoms with Crippen LogP contribution in [0.25, 0.3) is 5.69 Å². The van der Waals surface area contributed by atoms with Gasteiger partial charge in [0, 0.05) is 41.0 Å². The largest absolute Gasteiger partial charge is 0.497 e. The number of likely N-dealkylation sites (tertiary alicyclic amines) is 1. The molecule has 0 aliphatic carbocycles. The third-order valence-corrected chi connectivity index (χ3v) is 6.48. The van der Waals surface area contributed by atoms with E-state index in [1.165, 1.54) is 0 Å². The Labute approximate surface area is 182 Å². The van der Waals surface area contributed by atoms with Gasteiger partial charge in [0.25, 0.3) is 0 Å². The minimum absolute atomic E-state index is 0.0384. The first-order valence-corrected chi connectivity index (χ1v) is 11.5. The van der Waals surface area contributed by atoms with Crippen LogP contribution in [0.5, 0.6) is 5.75 Å². The molecule has 1 aromatic heterocycles. The van der Waals surface area contributed by atoms with Gasteiger partial charge in [-0.05, 0) is 56.0 Å². The van der Waals surface area contributed by atoms with E-state index >= 15 is 0 Å². The summed E-state index contributed by atoms with van der Waals surface area (Å²) in [6.07, 6.45) is 7.82. The molecule has 0 N–H and O–H groups in total. The molecular weight excluding hydrogens is 394 g/mol. The summed E-state index contributed by atoms with van der Waals surface area (Å²) in [4.78, 5) is 21.2. The van der Waals surface area contributed by atoms with Gasteiger partial charge in [0.2, 0.25) is 0 Å². The van der Waals surface area contributed by atoms with Crippen molar-refractivity contribution in [1.29, 1.82) is 0 Å². The Bertz CT molecular complexity index is 1000. The second kappa shape index (κ2) is 9.49. The summed E-state index contributed by atoms with van der Waals surface area (Å²) < 4.78 is 7.36. The Hall–Kier alpha value is -2.57. The van der Waals surface area contributed by atoms with E-state index in [4.69, 9.17) is 4.74 Å². The quantitative estimate of drug-likeness (QED) is 0.409. The first-order chi connectivity index (χ1) is 14.7. The van der Waals surface area contributed by atoms with Crippen LogP contribution in [-0.2, 0) is 6.54 Å². The second-order valence-electron chi connectivity index (χ2n) is 7.55. The molecule has 5 nitrogen and oxygen atoms in total. The van der Waals surface area contributed by atoms with E-state index in [2.05, 4.69) is 14.5 Å². The number of Topliss-reactive ketones (excluding diaryl/α,β-unsaturated/α-hetero) is 1. The summed E-state index contributed by atoms with van der Waals surface area (Å²) >= 11 is 1.64.